The van der Waals surface area contributed by atoms with Crippen LogP contribution in [0.25, 0.3) is 0 Å². The van der Waals surface area contributed by atoms with E-state index in [0.717, 1.165) is 38.3 Å². The van der Waals surface area contributed by atoms with Gasteiger partial charge in [0.2, 0.25) is 5.91 Å². The maximum Gasteiger partial charge on any atom is 0.243 e. The Morgan fingerprint density at radius 3 is 2.73 bits per heavy atom. The lowest BCUT2D eigenvalue weighted by atomic mass is 9.93. The Morgan fingerprint density at radius 1 is 1.42 bits per heavy atom. The van der Waals surface area contributed by atoms with Gasteiger partial charge in [-0.1, -0.05) is 32.1 Å². The van der Waals surface area contributed by atoms with Crippen LogP contribution in [0.5, 0.6) is 0 Å². The second-order valence-corrected chi connectivity index (χ2v) is 9.42. The Bertz CT molecular complexity index is 637. The highest BCUT2D eigenvalue weighted by molar-refractivity contribution is 7.19. The molecule has 1 aromatic rings. The van der Waals surface area contributed by atoms with Crippen molar-refractivity contribution in [2.75, 3.05) is 37.4 Å². The highest BCUT2D eigenvalue weighted by Gasteiger charge is 2.37. The van der Waals surface area contributed by atoms with Gasteiger partial charge < -0.3 is 20.9 Å². The summed E-state index contributed by atoms with van der Waals surface area (Å²) in [6.07, 6.45) is 2.02. The van der Waals surface area contributed by atoms with Crippen molar-refractivity contribution in [2.24, 2.45) is 5.92 Å². The number of thiazole rings is 1. The van der Waals surface area contributed by atoms with E-state index in [-0.39, 0.29) is 17.4 Å². The van der Waals surface area contributed by atoms with Crippen LogP contribution in [0.3, 0.4) is 0 Å². The van der Waals surface area contributed by atoms with Crippen LogP contribution in [0.15, 0.2) is 0 Å². The maximum atomic E-state index is 12.8. The fourth-order valence-electron chi connectivity index (χ4n) is 3.73. The Hall–Kier alpha value is -1.22. The number of aliphatic hydroxyl groups excluding tert-OH is 1. The molecule has 8 heteroatoms. The fourth-order valence-corrected chi connectivity index (χ4v) is 4.67. The number of anilines is 2. The standard InChI is InChI=1S/C18H30N4O3S/c1-18(2,3)14-15(19)26-17(20-14)21-16(24)13-8-12(23)10-22(13)9-11-4-6-25-7-5-11/h11-13,23H,4-10,19H2,1-3H3,(H,20,21,24)/t12-,13-/m0/s1. The third kappa shape index (κ3) is 4.54. The zero-order valence-corrected chi connectivity index (χ0v) is 16.6. The van der Waals surface area contributed by atoms with Gasteiger partial charge in [-0.2, -0.15) is 0 Å². The molecule has 2 saturated heterocycles. The summed E-state index contributed by atoms with van der Waals surface area (Å²) in [5, 5.41) is 14.2. The molecule has 7 nitrogen and oxygen atoms in total. The number of nitrogens with two attached hydrogens (primary N) is 1. The molecule has 26 heavy (non-hydrogen) atoms. The molecule has 0 saturated carbocycles. The first-order valence-electron chi connectivity index (χ1n) is 9.31. The van der Waals surface area contributed by atoms with Crippen molar-refractivity contribution in [1.82, 2.24) is 9.88 Å². The number of likely N-dealkylation sites (tertiary alicyclic amines) is 1. The molecule has 0 aliphatic carbocycles. The van der Waals surface area contributed by atoms with E-state index >= 15 is 0 Å². The van der Waals surface area contributed by atoms with E-state index in [0.29, 0.717) is 29.0 Å². The molecule has 3 heterocycles. The van der Waals surface area contributed by atoms with Gasteiger partial charge in [0.05, 0.1) is 17.8 Å². The molecule has 1 aromatic heterocycles. The quantitative estimate of drug-likeness (QED) is 0.734. The second kappa shape index (κ2) is 7.80. The molecular weight excluding hydrogens is 352 g/mol. The molecule has 3 rings (SSSR count). The van der Waals surface area contributed by atoms with E-state index < -0.39 is 6.10 Å². The monoisotopic (exact) mass is 382 g/mol. The second-order valence-electron chi connectivity index (χ2n) is 8.39. The van der Waals surface area contributed by atoms with Gasteiger partial charge >= 0.3 is 0 Å². The molecule has 0 radical (unpaired) electrons. The Balaban J connectivity index is 1.65. The van der Waals surface area contributed by atoms with Crippen LogP contribution < -0.4 is 11.1 Å². The number of aromatic nitrogens is 1. The van der Waals surface area contributed by atoms with Gasteiger partial charge in [-0.05, 0) is 25.2 Å². The Labute approximate surface area is 158 Å². The van der Waals surface area contributed by atoms with Crippen molar-refractivity contribution < 1.29 is 14.6 Å². The number of amides is 1. The summed E-state index contributed by atoms with van der Waals surface area (Å²) in [4.78, 5) is 19.4. The topological polar surface area (TPSA) is 101 Å². The van der Waals surface area contributed by atoms with Gasteiger partial charge in [0.15, 0.2) is 5.13 Å². The molecule has 1 amide bonds. The van der Waals surface area contributed by atoms with Crippen LogP contribution in [-0.4, -0.2) is 59.3 Å². The number of nitrogens with zero attached hydrogens (tertiary/aromatic N) is 2. The molecule has 2 aliphatic heterocycles. The number of β-amino-alcohol motifs (C(OH)–C–C–N with tert-alkyl or cyclic N) is 1. The maximum absolute atomic E-state index is 12.8. The Morgan fingerprint density at radius 2 is 2.12 bits per heavy atom. The summed E-state index contributed by atoms with van der Waals surface area (Å²) in [6, 6.07) is -0.323. The van der Waals surface area contributed by atoms with Crippen LogP contribution >= 0.6 is 11.3 Å². The predicted octanol–water partition coefficient (Wildman–Crippen LogP) is 1.82. The van der Waals surface area contributed by atoms with Gasteiger partial charge in [-0.25, -0.2) is 4.98 Å². The van der Waals surface area contributed by atoms with Crippen molar-refractivity contribution in [3.8, 4) is 0 Å². The number of hydrogen-bond donors (Lipinski definition) is 3. The third-order valence-electron chi connectivity index (χ3n) is 5.11. The molecule has 0 bridgehead atoms. The van der Waals surface area contributed by atoms with Crippen LogP contribution in [0.1, 0.15) is 45.7 Å². The average molecular weight is 383 g/mol. The first-order valence-corrected chi connectivity index (χ1v) is 10.1. The molecule has 0 unspecified atom stereocenters. The SMILES string of the molecule is CC(C)(C)c1nc(NC(=O)[C@@H]2C[C@H](O)CN2CC2CCOCC2)sc1N. The number of rotatable bonds is 4. The van der Waals surface area contributed by atoms with E-state index in [4.69, 9.17) is 10.5 Å². The fraction of sp³-hybridized carbons (Fsp3) is 0.778. The van der Waals surface area contributed by atoms with Gasteiger partial charge in [0.1, 0.15) is 5.00 Å². The first-order chi connectivity index (χ1) is 12.2. The predicted molar refractivity (Wildman–Crippen MR) is 103 cm³/mol. The van der Waals surface area contributed by atoms with Crippen LogP contribution in [-0.2, 0) is 14.9 Å². The molecule has 2 aliphatic rings. The number of aliphatic hydroxyl groups is 1. The zero-order chi connectivity index (χ0) is 18.9. The Kier molecular flexibility index (Phi) is 5.86. The van der Waals surface area contributed by atoms with E-state index in [1.54, 1.807) is 0 Å². The lowest BCUT2D eigenvalue weighted by molar-refractivity contribution is -0.120. The molecule has 146 valence electrons. The first kappa shape index (κ1) is 19.5. The highest BCUT2D eigenvalue weighted by Crippen LogP contribution is 2.34. The van der Waals surface area contributed by atoms with E-state index in [9.17, 15) is 9.90 Å². The number of ether oxygens (including phenoxy) is 1. The molecule has 0 spiro atoms. The lowest BCUT2D eigenvalue weighted by Crippen LogP contribution is -2.42. The van der Waals surface area contributed by atoms with Crippen molar-refractivity contribution in [3.05, 3.63) is 5.69 Å². The van der Waals surface area contributed by atoms with E-state index in [2.05, 4.69) is 15.2 Å². The largest absolute Gasteiger partial charge is 0.392 e. The summed E-state index contributed by atoms with van der Waals surface area (Å²) < 4.78 is 5.41. The number of hydrogen-bond acceptors (Lipinski definition) is 7. The molecular formula is C18H30N4O3S. The van der Waals surface area contributed by atoms with Crippen molar-refractivity contribution in [2.45, 2.75) is 57.6 Å². The zero-order valence-electron chi connectivity index (χ0n) is 15.8. The van der Waals surface area contributed by atoms with E-state index in [1.807, 2.05) is 20.8 Å². The number of carbonyl (C=O) groups is 1. The van der Waals surface area contributed by atoms with E-state index in [1.165, 1.54) is 11.3 Å². The summed E-state index contributed by atoms with van der Waals surface area (Å²) in [5.74, 6) is 0.412. The van der Waals surface area contributed by atoms with Crippen LogP contribution in [0.4, 0.5) is 10.1 Å². The normalized spacial score (nSPS) is 25.5. The van der Waals surface area contributed by atoms with Crippen molar-refractivity contribution >= 4 is 27.4 Å². The lowest BCUT2D eigenvalue weighted by Gasteiger charge is -2.30. The number of nitrogens with one attached hydrogen (secondary N) is 1. The summed E-state index contributed by atoms with van der Waals surface area (Å²) >= 11 is 1.30. The van der Waals surface area contributed by atoms with Gasteiger partial charge in [0, 0.05) is 31.7 Å². The van der Waals surface area contributed by atoms with Crippen LogP contribution in [0, 0.1) is 5.92 Å². The summed E-state index contributed by atoms with van der Waals surface area (Å²) in [7, 11) is 0. The average Bonchev–Trinajstić information content (AvgIpc) is 3.10. The highest BCUT2D eigenvalue weighted by atomic mass is 32.1. The summed E-state index contributed by atoms with van der Waals surface area (Å²) in [5.41, 5.74) is 6.72. The van der Waals surface area contributed by atoms with Gasteiger partial charge in [-0.3, -0.25) is 9.69 Å². The number of nitrogen functional groups attached to an aromatic ring is 1. The number of carbonyl (C=O) groups excluding carboxylic acids is 1. The van der Waals surface area contributed by atoms with Crippen molar-refractivity contribution in [1.29, 1.82) is 0 Å². The smallest absolute Gasteiger partial charge is 0.243 e. The molecule has 0 aromatic carbocycles. The minimum Gasteiger partial charge on any atom is -0.392 e. The molecule has 4 N–H and O–H groups in total. The minimum atomic E-state index is -0.461. The third-order valence-corrected chi connectivity index (χ3v) is 5.91. The van der Waals surface area contributed by atoms with Crippen LogP contribution in [0.2, 0.25) is 0 Å². The summed E-state index contributed by atoms with van der Waals surface area (Å²) in [6.45, 7) is 9.08. The minimum absolute atomic E-state index is 0.109. The van der Waals surface area contributed by atoms with Gasteiger partial charge in [-0.15, -0.1) is 0 Å². The van der Waals surface area contributed by atoms with Gasteiger partial charge in [0.25, 0.3) is 0 Å². The van der Waals surface area contributed by atoms with Crippen molar-refractivity contribution in [3.63, 3.8) is 0 Å². The molecule has 2 fully saturated rings. The molecule has 2 atom stereocenters.